The van der Waals surface area contributed by atoms with E-state index in [-0.39, 0.29) is 0 Å². The van der Waals surface area contributed by atoms with Crippen molar-refractivity contribution >= 4 is 28.5 Å². The number of anilines is 3. The largest absolute Gasteiger partial charge is 0.496 e. The van der Waals surface area contributed by atoms with Crippen LogP contribution in [0.5, 0.6) is 5.75 Å². The van der Waals surface area contributed by atoms with Gasteiger partial charge in [0.15, 0.2) is 5.65 Å². The fourth-order valence-corrected chi connectivity index (χ4v) is 4.05. The van der Waals surface area contributed by atoms with Gasteiger partial charge in [0, 0.05) is 17.8 Å². The van der Waals surface area contributed by atoms with E-state index < -0.39 is 0 Å². The van der Waals surface area contributed by atoms with Gasteiger partial charge in [0.1, 0.15) is 11.6 Å². The molecule has 0 bridgehead atoms. The first-order valence-electron chi connectivity index (χ1n) is 11.1. The summed E-state index contributed by atoms with van der Waals surface area (Å²) in [7, 11) is 1.67. The third-order valence-electron chi connectivity index (χ3n) is 5.54. The molecule has 0 radical (unpaired) electrons. The molecule has 5 rings (SSSR count). The number of ether oxygens (including phenoxy) is 1. The van der Waals surface area contributed by atoms with Crippen LogP contribution in [0.3, 0.4) is 0 Å². The number of hydrogen-bond acceptors (Lipinski definition) is 6. The number of aryl methyl sites for hydroxylation is 2. The molecule has 2 heterocycles. The predicted octanol–water partition coefficient (Wildman–Crippen LogP) is 5.80. The number of para-hydroxylation sites is 2. The smallest absolute Gasteiger partial charge is 0.227 e. The Morgan fingerprint density at radius 3 is 2.38 bits per heavy atom. The zero-order valence-corrected chi connectivity index (χ0v) is 19.4. The molecule has 0 atom stereocenters. The van der Waals surface area contributed by atoms with Crippen molar-refractivity contribution in [3.8, 4) is 11.4 Å². The zero-order chi connectivity index (χ0) is 23.5. The highest BCUT2D eigenvalue weighted by molar-refractivity contribution is 5.90. The van der Waals surface area contributed by atoms with Crippen molar-refractivity contribution in [1.82, 2.24) is 19.7 Å². The van der Waals surface area contributed by atoms with Crippen molar-refractivity contribution in [3.63, 3.8) is 0 Å². The first kappa shape index (κ1) is 21.5. The van der Waals surface area contributed by atoms with Crippen LogP contribution in [-0.4, -0.2) is 26.9 Å². The lowest BCUT2D eigenvalue weighted by molar-refractivity contribution is 0.410. The van der Waals surface area contributed by atoms with Crippen LogP contribution < -0.4 is 15.4 Å². The topological polar surface area (TPSA) is 76.9 Å². The second kappa shape index (κ2) is 9.23. The third-order valence-corrected chi connectivity index (χ3v) is 5.54. The van der Waals surface area contributed by atoms with Crippen molar-refractivity contribution in [1.29, 1.82) is 0 Å². The van der Waals surface area contributed by atoms with E-state index in [2.05, 4.69) is 47.8 Å². The molecule has 0 unspecified atom stereocenters. The van der Waals surface area contributed by atoms with Crippen molar-refractivity contribution in [3.05, 3.63) is 95.7 Å². The van der Waals surface area contributed by atoms with Crippen LogP contribution >= 0.6 is 0 Å². The third kappa shape index (κ3) is 4.41. The van der Waals surface area contributed by atoms with E-state index in [1.807, 2.05) is 59.3 Å². The monoisotopic (exact) mass is 450 g/mol. The summed E-state index contributed by atoms with van der Waals surface area (Å²) < 4.78 is 7.32. The normalized spacial score (nSPS) is 10.9. The molecule has 0 aliphatic heterocycles. The summed E-state index contributed by atoms with van der Waals surface area (Å²) >= 11 is 0. The summed E-state index contributed by atoms with van der Waals surface area (Å²) in [6.45, 7) is 4.70. The summed E-state index contributed by atoms with van der Waals surface area (Å²) in [5, 5.41) is 12.3. The number of rotatable bonds is 7. The van der Waals surface area contributed by atoms with Crippen molar-refractivity contribution in [2.75, 3.05) is 17.7 Å². The first-order chi connectivity index (χ1) is 16.6. The lowest BCUT2D eigenvalue weighted by atomic mass is 10.1. The standard InChI is InChI=1S/C27H26N6O/c1-18-13-19(2)15-21(14-18)30-25-23-17-29-33(22-10-5-4-6-11-22)26(23)32-27(31-25)28-16-20-9-7-8-12-24(20)34-3/h4-15,17H,16H2,1-3H3,(H2,28,30,31,32). The average molecular weight is 451 g/mol. The lowest BCUT2D eigenvalue weighted by Gasteiger charge is -2.13. The van der Waals surface area contributed by atoms with Crippen molar-refractivity contribution < 1.29 is 4.74 Å². The maximum atomic E-state index is 5.49. The highest BCUT2D eigenvalue weighted by Crippen LogP contribution is 2.28. The molecular formula is C27H26N6O. The quantitative estimate of drug-likeness (QED) is 0.326. The maximum absolute atomic E-state index is 5.49. The van der Waals surface area contributed by atoms with Gasteiger partial charge in [-0.3, -0.25) is 0 Å². The Bertz CT molecular complexity index is 1420. The van der Waals surface area contributed by atoms with E-state index >= 15 is 0 Å². The van der Waals surface area contributed by atoms with Gasteiger partial charge in [-0.1, -0.05) is 42.5 Å². The molecule has 34 heavy (non-hydrogen) atoms. The number of fused-ring (bicyclic) bond motifs is 1. The number of aromatic nitrogens is 4. The van der Waals surface area contributed by atoms with Crippen molar-refractivity contribution in [2.24, 2.45) is 0 Å². The van der Waals surface area contributed by atoms with Crippen LogP contribution in [0.15, 0.2) is 79.0 Å². The van der Waals surface area contributed by atoms with Gasteiger partial charge in [0.2, 0.25) is 5.95 Å². The second-order valence-electron chi connectivity index (χ2n) is 8.19. The van der Waals surface area contributed by atoms with E-state index in [9.17, 15) is 0 Å². The SMILES string of the molecule is COc1ccccc1CNc1nc(Nc2cc(C)cc(C)c2)c2cnn(-c3ccccc3)c2n1. The molecule has 0 aliphatic carbocycles. The first-order valence-corrected chi connectivity index (χ1v) is 11.1. The Balaban J connectivity index is 1.57. The molecule has 2 aromatic heterocycles. The molecule has 2 N–H and O–H groups in total. The minimum absolute atomic E-state index is 0.503. The number of hydrogen-bond donors (Lipinski definition) is 2. The molecule has 0 fully saturated rings. The molecule has 5 aromatic rings. The van der Waals surface area contributed by atoms with E-state index in [0.29, 0.717) is 18.3 Å². The van der Waals surface area contributed by atoms with Crippen molar-refractivity contribution in [2.45, 2.75) is 20.4 Å². The molecule has 0 aliphatic rings. The summed E-state index contributed by atoms with van der Waals surface area (Å²) in [5.74, 6) is 2.02. The van der Waals surface area contributed by atoms with E-state index in [4.69, 9.17) is 14.7 Å². The minimum atomic E-state index is 0.503. The Kier molecular flexibility index (Phi) is 5.82. The van der Waals surface area contributed by atoms with E-state index in [0.717, 1.165) is 33.7 Å². The molecule has 0 amide bonds. The van der Waals surface area contributed by atoms with Crippen LogP contribution in [0.4, 0.5) is 17.5 Å². The van der Waals surface area contributed by atoms with E-state index in [1.54, 1.807) is 13.3 Å². The van der Waals surface area contributed by atoms with Crippen LogP contribution in [-0.2, 0) is 6.54 Å². The van der Waals surface area contributed by atoms with Gasteiger partial charge in [-0.2, -0.15) is 15.1 Å². The molecular weight excluding hydrogens is 424 g/mol. The molecule has 3 aromatic carbocycles. The molecule has 0 saturated heterocycles. The molecule has 0 saturated carbocycles. The van der Waals surface area contributed by atoms with Gasteiger partial charge in [-0.15, -0.1) is 0 Å². The summed E-state index contributed by atoms with van der Waals surface area (Å²) in [6.07, 6.45) is 1.80. The van der Waals surface area contributed by atoms with Crippen LogP contribution in [0, 0.1) is 13.8 Å². The predicted molar refractivity (Wildman–Crippen MR) is 136 cm³/mol. The summed E-state index contributed by atoms with van der Waals surface area (Å²) in [6, 6.07) is 24.2. The molecule has 7 heteroatoms. The van der Waals surface area contributed by atoms with Gasteiger partial charge >= 0.3 is 0 Å². The minimum Gasteiger partial charge on any atom is -0.496 e. The Morgan fingerprint density at radius 2 is 1.62 bits per heavy atom. The maximum Gasteiger partial charge on any atom is 0.227 e. The summed E-state index contributed by atoms with van der Waals surface area (Å²) in [4.78, 5) is 9.62. The fourth-order valence-electron chi connectivity index (χ4n) is 4.05. The number of benzene rings is 3. The highest BCUT2D eigenvalue weighted by Gasteiger charge is 2.15. The second-order valence-corrected chi connectivity index (χ2v) is 8.19. The average Bonchev–Trinajstić information content (AvgIpc) is 3.27. The Morgan fingerprint density at radius 1 is 0.882 bits per heavy atom. The summed E-state index contributed by atoms with van der Waals surface area (Å²) in [5.41, 5.74) is 6.01. The molecule has 170 valence electrons. The van der Waals surface area contributed by atoms with Crippen LogP contribution in [0.25, 0.3) is 16.7 Å². The van der Waals surface area contributed by atoms with Gasteiger partial charge in [0.25, 0.3) is 0 Å². The van der Waals surface area contributed by atoms with Gasteiger partial charge in [-0.25, -0.2) is 4.68 Å². The van der Waals surface area contributed by atoms with Gasteiger partial charge < -0.3 is 15.4 Å². The lowest BCUT2D eigenvalue weighted by Crippen LogP contribution is -2.08. The highest BCUT2D eigenvalue weighted by atomic mass is 16.5. The zero-order valence-electron chi connectivity index (χ0n) is 19.4. The molecule has 0 spiro atoms. The Labute approximate surface area is 198 Å². The van der Waals surface area contributed by atoms with Gasteiger partial charge in [-0.05, 0) is 55.3 Å². The van der Waals surface area contributed by atoms with Crippen LogP contribution in [0.1, 0.15) is 16.7 Å². The van der Waals surface area contributed by atoms with Gasteiger partial charge in [0.05, 0.1) is 24.4 Å². The van der Waals surface area contributed by atoms with E-state index in [1.165, 1.54) is 11.1 Å². The number of nitrogens with zero attached hydrogens (tertiary/aromatic N) is 4. The number of nitrogens with one attached hydrogen (secondary N) is 2. The fraction of sp³-hybridized carbons (Fsp3) is 0.148. The molecule has 7 nitrogen and oxygen atoms in total. The number of methoxy groups -OCH3 is 1. The Hall–Kier alpha value is -4.39. The van der Waals surface area contributed by atoms with Crippen LogP contribution in [0.2, 0.25) is 0 Å².